The molecule has 2 heterocycles. The van der Waals surface area contributed by atoms with Gasteiger partial charge in [-0.15, -0.1) is 11.3 Å². The van der Waals surface area contributed by atoms with Crippen LogP contribution in [0.5, 0.6) is 0 Å². The van der Waals surface area contributed by atoms with Crippen LogP contribution >= 0.6 is 22.9 Å². The molecule has 29 heavy (non-hydrogen) atoms. The minimum atomic E-state index is 0.0771. The molecule has 1 aromatic carbocycles. The van der Waals surface area contributed by atoms with Gasteiger partial charge in [-0.2, -0.15) is 0 Å². The number of hydrogen-bond donors (Lipinski definition) is 0. The summed E-state index contributed by atoms with van der Waals surface area (Å²) in [6.07, 6.45) is 9.34. The average Bonchev–Trinajstić information content (AvgIpc) is 3.35. The van der Waals surface area contributed by atoms with Crippen molar-refractivity contribution >= 4 is 34.9 Å². The smallest absolute Gasteiger partial charge is 0.246 e. The van der Waals surface area contributed by atoms with Crippen molar-refractivity contribution in [3.8, 4) is 0 Å². The topological polar surface area (TPSA) is 23.6 Å². The Morgan fingerprint density at radius 3 is 2.41 bits per heavy atom. The normalized spacial score (nSPS) is 27.4. The number of carbonyl (C=O) groups is 1. The van der Waals surface area contributed by atoms with Gasteiger partial charge in [0.1, 0.15) is 0 Å². The van der Waals surface area contributed by atoms with E-state index in [1.807, 2.05) is 47.4 Å². The van der Waals surface area contributed by atoms with E-state index in [-0.39, 0.29) is 16.9 Å². The first kappa shape index (κ1) is 20.6. The maximum absolute atomic E-state index is 12.7. The second-order valence-electron chi connectivity index (χ2n) is 8.78. The summed E-state index contributed by atoms with van der Waals surface area (Å²) >= 11 is 7.96. The first-order valence-electron chi connectivity index (χ1n) is 10.4. The van der Waals surface area contributed by atoms with Gasteiger partial charge in [-0.1, -0.05) is 41.9 Å². The first-order chi connectivity index (χ1) is 13.9. The third-order valence-electron chi connectivity index (χ3n) is 6.99. The molecule has 1 saturated carbocycles. The highest BCUT2D eigenvalue weighted by molar-refractivity contribution is 7.16. The Morgan fingerprint density at radius 1 is 1.07 bits per heavy atom. The van der Waals surface area contributed by atoms with Gasteiger partial charge in [0.25, 0.3) is 0 Å². The molecular formula is C24H29ClN2OS. The highest BCUT2D eigenvalue weighted by Crippen LogP contribution is 2.53. The van der Waals surface area contributed by atoms with Crippen LogP contribution in [0.25, 0.3) is 6.08 Å². The van der Waals surface area contributed by atoms with Crippen molar-refractivity contribution < 1.29 is 4.79 Å². The average molecular weight is 429 g/mol. The molecule has 1 saturated heterocycles. The number of benzene rings is 1. The maximum atomic E-state index is 12.7. The van der Waals surface area contributed by atoms with Gasteiger partial charge in [-0.3, -0.25) is 9.69 Å². The zero-order valence-electron chi connectivity index (χ0n) is 17.2. The third-order valence-corrected chi connectivity index (χ3v) is 8.42. The molecule has 1 aromatic heterocycles. The molecule has 1 aliphatic heterocycles. The maximum Gasteiger partial charge on any atom is 0.246 e. The Hall–Kier alpha value is -1.62. The Labute approximate surface area is 183 Å². The summed E-state index contributed by atoms with van der Waals surface area (Å²) in [7, 11) is 4.37. The van der Waals surface area contributed by atoms with Crippen LogP contribution in [0, 0.1) is 5.41 Å². The molecule has 1 amide bonds. The van der Waals surface area contributed by atoms with Crippen molar-refractivity contribution in [3.63, 3.8) is 0 Å². The van der Waals surface area contributed by atoms with Crippen molar-refractivity contribution in [2.75, 3.05) is 27.2 Å². The summed E-state index contributed by atoms with van der Waals surface area (Å²) < 4.78 is 0.865. The zero-order valence-corrected chi connectivity index (χ0v) is 18.8. The molecule has 2 fully saturated rings. The Kier molecular flexibility index (Phi) is 5.87. The molecule has 1 spiro atoms. The van der Waals surface area contributed by atoms with Crippen LogP contribution in [0.15, 0.2) is 48.5 Å². The van der Waals surface area contributed by atoms with Crippen LogP contribution in [0.2, 0.25) is 4.34 Å². The summed E-state index contributed by atoms with van der Waals surface area (Å²) in [6, 6.07) is 14.2. The standard InChI is InChI=1S/C24H29ClN2OS/c1-26(2)24(20-9-10-21(25)29-20)14-12-23(13-15-24)16-17-27(18-23)22(28)11-8-19-6-4-3-5-7-19/h3-11H,12-18H2,1-2H3/b11-8+. The van der Waals surface area contributed by atoms with E-state index >= 15 is 0 Å². The fourth-order valence-electron chi connectivity index (χ4n) is 5.04. The predicted molar refractivity (Wildman–Crippen MR) is 122 cm³/mol. The van der Waals surface area contributed by atoms with Gasteiger partial charge in [0, 0.05) is 24.0 Å². The van der Waals surface area contributed by atoms with Crippen molar-refractivity contribution in [2.45, 2.75) is 37.6 Å². The first-order valence-corrected chi connectivity index (χ1v) is 11.6. The number of thiophene rings is 1. The lowest BCUT2D eigenvalue weighted by molar-refractivity contribution is -0.125. The minimum absolute atomic E-state index is 0.0771. The number of hydrogen-bond acceptors (Lipinski definition) is 3. The number of halogens is 1. The molecule has 2 aliphatic rings. The van der Waals surface area contributed by atoms with Crippen LogP contribution in [-0.4, -0.2) is 42.9 Å². The second kappa shape index (κ2) is 8.25. The summed E-state index contributed by atoms with van der Waals surface area (Å²) in [5.74, 6) is 0.139. The largest absolute Gasteiger partial charge is 0.339 e. The van der Waals surface area contributed by atoms with Gasteiger partial charge in [0.2, 0.25) is 5.91 Å². The molecular weight excluding hydrogens is 400 g/mol. The fourth-order valence-corrected chi connectivity index (χ4v) is 6.41. The molecule has 4 rings (SSSR count). The van der Waals surface area contributed by atoms with E-state index in [0.29, 0.717) is 0 Å². The highest BCUT2D eigenvalue weighted by Gasteiger charge is 2.48. The van der Waals surface area contributed by atoms with Crippen molar-refractivity contribution in [1.29, 1.82) is 0 Å². The molecule has 3 nitrogen and oxygen atoms in total. The molecule has 2 aromatic rings. The van der Waals surface area contributed by atoms with E-state index < -0.39 is 0 Å². The zero-order chi connectivity index (χ0) is 20.5. The monoisotopic (exact) mass is 428 g/mol. The van der Waals surface area contributed by atoms with Crippen LogP contribution in [0.1, 0.15) is 42.5 Å². The molecule has 0 N–H and O–H groups in total. The number of rotatable bonds is 4. The highest BCUT2D eigenvalue weighted by atomic mass is 35.5. The number of likely N-dealkylation sites (tertiary alicyclic amines) is 1. The van der Waals surface area contributed by atoms with E-state index in [1.54, 1.807) is 17.4 Å². The molecule has 0 atom stereocenters. The SMILES string of the molecule is CN(C)C1(c2ccc(Cl)s2)CCC2(CCN(C(=O)/C=C/c3ccccc3)C2)CC1. The van der Waals surface area contributed by atoms with Crippen molar-refractivity contribution in [2.24, 2.45) is 5.41 Å². The van der Waals surface area contributed by atoms with Crippen LogP contribution in [0.4, 0.5) is 0 Å². The van der Waals surface area contributed by atoms with Crippen molar-refractivity contribution in [1.82, 2.24) is 9.80 Å². The molecule has 0 unspecified atom stereocenters. The van der Waals surface area contributed by atoms with E-state index in [9.17, 15) is 4.79 Å². The van der Waals surface area contributed by atoms with Crippen LogP contribution < -0.4 is 0 Å². The fraction of sp³-hybridized carbons (Fsp3) is 0.458. The summed E-state index contributed by atoms with van der Waals surface area (Å²) in [5, 5.41) is 0. The third kappa shape index (κ3) is 4.16. The molecule has 0 radical (unpaired) electrons. The van der Waals surface area contributed by atoms with Crippen LogP contribution in [-0.2, 0) is 10.3 Å². The van der Waals surface area contributed by atoms with Gasteiger partial charge in [0.15, 0.2) is 0 Å². The number of amides is 1. The summed E-state index contributed by atoms with van der Waals surface area (Å²) in [4.78, 5) is 18.5. The van der Waals surface area contributed by atoms with Gasteiger partial charge >= 0.3 is 0 Å². The number of carbonyl (C=O) groups excluding carboxylic acids is 1. The van der Waals surface area contributed by atoms with E-state index in [0.717, 1.165) is 55.1 Å². The molecule has 1 aliphatic carbocycles. The van der Waals surface area contributed by atoms with Crippen molar-refractivity contribution in [3.05, 3.63) is 63.3 Å². The van der Waals surface area contributed by atoms with Crippen LogP contribution in [0.3, 0.4) is 0 Å². The summed E-state index contributed by atoms with van der Waals surface area (Å²) in [5.41, 5.74) is 1.42. The second-order valence-corrected chi connectivity index (χ2v) is 10.5. The van der Waals surface area contributed by atoms with Gasteiger partial charge < -0.3 is 4.90 Å². The summed E-state index contributed by atoms with van der Waals surface area (Å²) in [6.45, 7) is 1.76. The van der Waals surface area contributed by atoms with Gasteiger partial charge in [0.05, 0.1) is 9.88 Å². The van der Waals surface area contributed by atoms with E-state index in [2.05, 4.69) is 25.1 Å². The molecule has 0 bridgehead atoms. The van der Waals surface area contributed by atoms with E-state index in [4.69, 9.17) is 11.6 Å². The Morgan fingerprint density at radius 2 is 1.79 bits per heavy atom. The number of nitrogens with zero attached hydrogens (tertiary/aromatic N) is 2. The lowest BCUT2D eigenvalue weighted by atomic mass is 9.66. The predicted octanol–water partition coefficient (Wildman–Crippen LogP) is 5.66. The lowest BCUT2D eigenvalue weighted by Crippen LogP contribution is -2.47. The quantitative estimate of drug-likeness (QED) is 0.586. The van der Waals surface area contributed by atoms with E-state index in [1.165, 1.54) is 4.88 Å². The molecule has 5 heteroatoms. The molecule has 154 valence electrons. The lowest BCUT2D eigenvalue weighted by Gasteiger charge is -2.48. The minimum Gasteiger partial charge on any atom is -0.339 e. The Balaban J connectivity index is 1.41. The van der Waals surface area contributed by atoms with Gasteiger partial charge in [-0.25, -0.2) is 0 Å². The Bertz CT molecular complexity index is 881. The van der Waals surface area contributed by atoms with Gasteiger partial charge in [-0.05, 0) is 75.4 Å².